The van der Waals surface area contributed by atoms with E-state index >= 15 is 0 Å². The highest BCUT2D eigenvalue weighted by atomic mass is 16.5. The Morgan fingerprint density at radius 1 is 1.30 bits per heavy atom. The maximum atomic E-state index is 12.5. The molecule has 0 aromatic rings. The Bertz CT molecular complexity index is 525. The van der Waals surface area contributed by atoms with Crippen molar-refractivity contribution in [2.24, 2.45) is 28.1 Å². The molecule has 130 valence electrons. The van der Waals surface area contributed by atoms with E-state index in [2.05, 4.69) is 26.8 Å². The fourth-order valence-corrected chi connectivity index (χ4v) is 6.10. The summed E-state index contributed by atoms with van der Waals surface area (Å²) in [5.74, 6) is 0.947. The van der Waals surface area contributed by atoms with E-state index in [1.807, 2.05) is 0 Å². The summed E-state index contributed by atoms with van der Waals surface area (Å²) in [7, 11) is 1.53. The van der Waals surface area contributed by atoms with E-state index in [1.54, 1.807) is 5.57 Å². The van der Waals surface area contributed by atoms with E-state index in [0.717, 1.165) is 38.5 Å². The van der Waals surface area contributed by atoms with Crippen molar-refractivity contribution in [3.8, 4) is 0 Å². The minimum atomic E-state index is -0.342. The van der Waals surface area contributed by atoms with E-state index in [-0.39, 0.29) is 28.8 Å². The molecule has 0 heterocycles. The summed E-state index contributed by atoms with van der Waals surface area (Å²) in [6, 6.07) is 0. The van der Waals surface area contributed by atoms with Gasteiger partial charge >= 0.3 is 5.97 Å². The molecule has 0 radical (unpaired) electrons. The van der Waals surface area contributed by atoms with Crippen LogP contribution in [0.15, 0.2) is 11.6 Å². The van der Waals surface area contributed by atoms with Crippen LogP contribution in [0.4, 0.5) is 0 Å². The average molecular weight is 320 g/mol. The maximum Gasteiger partial charge on any atom is 0.311 e. The zero-order valence-corrected chi connectivity index (χ0v) is 15.2. The highest BCUT2D eigenvalue weighted by molar-refractivity contribution is 5.77. The third-order valence-electron chi connectivity index (χ3n) is 7.42. The quantitative estimate of drug-likeness (QED) is 0.615. The fraction of sp³-hybridized carbons (Fsp3) is 0.850. The number of esters is 1. The minimum Gasteiger partial charge on any atom is -0.469 e. The Kier molecular flexibility index (Phi) is 4.15. The van der Waals surface area contributed by atoms with Gasteiger partial charge in [0.1, 0.15) is 0 Å². The Morgan fingerprint density at radius 3 is 2.70 bits per heavy atom. The molecule has 0 aromatic carbocycles. The minimum absolute atomic E-state index is 0.0246. The van der Waals surface area contributed by atoms with E-state index in [4.69, 9.17) is 4.74 Å². The molecule has 2 fully saturated rings. The smallest absolute Gasteiger partial charge is 0.311 e. The molecular weight excluding hydrogens is 288 g/mol. The van der Waals surface area contributed by atoms with Gasteiger partial charge in [-0.15, -0.1) is 0 Å². The summed E-state index contributed by atoms with van der Waals surface area (Å²) in [6.07, 6.45) is 9.95. The standard InChI is InChI=1S/C20H32O3/c1-18(13-21)11-8-15-14(12-18)6-7-16-19(15,2)9-5-10-20(16,3)17(22)23-4/h8,14,16,21H,5-7,9-13H2,1-4H3/t14-,16-,18-,19-,20+/m0/s1. The van der Waals surface area contributed by atoms with Gasteiger partial charge in [-0.3, -0.25) is 4.79 Å². The molecule has 3 heteroatoms. The second-order valence-electron chi connectivity index (χ2n) is 9.04. The van der Waals surface area contributed by atoms with Crippen molar-refractivity contribution < 1.29 is 14.6 Å². The van der Waals surface area contributed by atoms with Crippen LogP contribution in [0, 0.1) is 28.1 Å². The Morgan fingerprint density at radius 2 is 2.04 bits per heavy atom. The third-order valence-corrected chi connectivity index (χ3v) is 7.42. The Balaban J connectivity index is 1.96. The number of carbonyl (C=O) groups excluding carboxylic acids is 1. The number of methoxy groups -OCH3 is 1. The normalized spacial score (nSPS) is 46.4. The van der Waals surface area contributed by atoms with Crippen LogP contribution < -0.4 is 0 Å². The van der Waals surface area contributed by atoms with Gasteiger partial charge in [0.05, 0.1) is 12.5 Å². The van der Waals surface area contributed by atoms with Gasteiger partial charge in [-0.1, -0.05) is 31.9 Å². The van der Waals surface area contributed by atoms with E-state index < -0.39 is 0 Å². The number of hydrogen-bond donors (Lipinski definition) is 1. The first-order chi connectivity index (χ1) is 10.8. The van der Waals surface area contributed by atoms with Crippen LogP contribution >= 0.6 is 0 Å². The van der Waals surface area contributed by atoms with E-state index in [9.17, 15) is 9.90 Å². The van der Waals surface area contributed by atoms with Crippen LogP contribution in [-0.4, -0.2) is 24.8 Å². The number of aliphatic hydroxyl groups excluding tert-OH is 1. The number of rotatable bonds is 2. The van der Waals surface area contributed by atoms with Crippen LogP contribution in [0.5, 0.6) is 0 Å². The summed E-state index contributed by atoms with van der Waals surface area (Å²) < 4.78 is 5.18. The molecule has 0 unspecified atom stereocenters. The summed E-state index contributed by atoms with van der Waals surface area (Å²) in [6.45, 7) is 6.99. The van der Waals surface area contributed by atoms with Crippen molar-refractivity contribution in [2.45, 2.75) is 65.7 Å². The lowest BCUT2D eigenvalue weighted by atomic mass is 9.46. The number of aliphatic hydroxyl groups is 1. The molecule has 0 bridgehead atoms. The van der Waals surface area contributed by atoms with Gasteiger partial charge < -0.3 is 9.84 Å². The number of fused-ring (bicyclic) bond motifs is 3. The SMILES string of the molecule is COC(=O)[C@]1(C)CCC[C@@]2(C)C3=CC[C@](C)(CO)C[C@@H]3CC[C@H]12. The molecule has 0 amide bonds. The summed E-state index contributed by atoms with van der Waals surface area (Å²) in [4.78, 5) is 12.5. The average Bonchev–Trinajstić information content (AvgIpc) is 2.53. The molecule has 5 atom stereocenters. The lowest BCUT2D eigenvalue weighted by Crippen LogP contribution is -2.53. The predicted molar refractivity (Wildman–Crippen MR) is 90.8 cm³/mol. The second-order valence-corrected chi connectivity index (χ2v) is 9.04. The van der Waals surface area contributed by atoms with Crippen LogP contribution in [0.1, 0.15) is 65.7 Å². The first-order valence-electron chi connectivity index (χ1n) is 9.19. The molecule has 3 rings (SSSR count). The summed E-state index contributed by atoms with van der Waals surface area (Å²) in [5, 5.41) is 9.73. The third kappa shape index (κ3) is 2.47. The van der Waals surface area contributed by atoms with Crippen LogP contribution in [0.2, 0.25) is 0 Å². The van der Waals surface area contributed by atoms with Gasteiger partial charge in [-0.25, -0.2) is 0 Å². The second kappa shape index (κ2) is 5.61. The molecule has 0 spiro atoms. The number of carbonyl (C=O) groups is 1. The van der Waals surface area contributed by atoms with Crippen LogP contribution in [0.3, 0.4) is 0 Å². The highest BCUT2D eigenvalue weighted by Gasteiger charge is 2.58. The lowest BCUT2D eigenvalue weighted by Gasteiger charge is -2.58. The molecular formula is C20H32O3. The number of allylic oxidation sites excluding steroid dienone is 2. The van der Waals surface area contributed by atoms with Crippen molar-refractivity contribution in [1.29, 1.82) is 0 Å². The summed E-state index contributed by atoms with van der Waals surface area (Å²) >= 11 is 0. The van der Waals surface area contributed by atoms with Gasteiger partial charge in [-0.05, 0) is 68.1 Å². The van der Waals surface area contributed by atoms with Crippen molar-refractivity contribution in [3.05, 3.63) is 11.6 Å². The Hall–Kier alpha value is -0.830. The maximum absolute atomic E-state index is 12.5. The predicted octanol–water partition coefficient (Wildman–Crippen LogP) is 4.10. The molecule has 23 heavy (non-hydrogen) atoms. The van der Waals surface area contributed by atoms with E-state index in [1.165, 1.54) is 13.5 Å². The highest BCUT2D eigenvalue weighted by Crippen LogP contribution is 2.63. The molecule has 3 aliphatic rings. The molecule has 3 aliphatic carbocycles. The van der Waals surface area contributed by atoms with Crippen molar-refractivity contribution in [3.63, 3.8) is 0 Å². The van der Waals surface area contributed by atoms with Crippen molar-refractivity contribution in [2.75, 3.05) is 13.7 Å². The molecule has 0 aliphatic heterocycles. The topological polar surface area (TPSA) is 46.5 Å². The van der Waals surface area contributed by atoms with Crippen molar-refractivity contribution in [1.82, 2.24) is 0 Å². The lowest BCUT2D eigenvalue weighted by molar-refractivity contribution is -0.164. The first kappa shape index (κ1) is 17.0. The molecule has 2 saturated carbocycles. The molecule has 3 nitrogen and oxygen atoms in total. The van der Waals surface area contributed by atoms with E-state index in [0.29, 0.717) is 11.8 Å². The zero-order valence-electron chi connectivity index (χ0n) is 15.2. The van der Waals surface area contributed by atoms with Gasteiger partial charge in [0.25, 0.3) is 0 Å². The largest absolute Gasteiger partial charge is 0.469 e. The molecule has 0 saturated heterocycles. The van der Waals surface area contributed by atoms with Crippen LogP contribution in [0.25, 0.3) is 0 Å². The van der Waals surface area contributed by atoms with Crippen molar-refractivity contribution >= 4 is 5.97 Å². The summed E-state index contributed by atoms with van der Waals surface area (Å²) in [5.41, 5.74) is 1.40. The molecule has 1 N–H and O–H groups in total. The van der Waals surface area contributed by atoms with Gasteiger partial charge in [0.15, 0.2) is 0 Å². The first-order valence-corrected chi connectivity index (χ1v) is 9.19. The zero-order chi connectivity index (χ0) is 16.9. The fourth-order valence-electron chi connectivity index (χ4n) is 6.10. The number of hydrogen-bond acceptors (Lipinski definition) is 3. The van der Waals surface area contributed by atoms with Gasteiger partial charge in [0, 0.05) is 6.61 Å². The monoisotopic (exact) mass is 320 g/mol. The Labute approximate surface area is 140 Å². The van der Waals surface area contributed by atoms with Gasteiger partial charge in [0.2, 0.25) is 0 Å². The van der Waals surface area contributed by atoms with Crippen LogP contribution in [-0.2, 0) is 9.53 Å². The molecule has 0 aromatic heterocycles. The van der Waals surface area contributed by atoms with Gasteiger partial charge in [-0.2, -0.15) is 0 Å². The number of ether oxygens (including phenoxy) is 1.